The van der Waals surface area contributed by atoms with Crippen LogP contribution >= 0.6 is 19.7 Å². The summed E-state index contributed by atoms with van der Waals surface area (Å²) in [7, 11) is -0.981. The van der Waals surface area contributed by atoms with E-state index in [4.69, 9.17) is 0 Å². The van der Waals surface area contributed by atoms with Crippen molar-refractivity contribution < 1.29 is 0 Å². The Kier molecular flexibility index (Phi) is 11.6. The highest BCUT2D eigenvalue weighted by Gasteiger charge is 2.57. The van der Waals surface area contributed by atoms with Crippen LogP contribution in [0.4, 0.5) is 0 Å². The zero-order valence-corrected chi connectivity index (χ0v) is 40.2. The van der Waals surface area contributed by atoms with Gasteiger partial charge in [0.15, 0.2) is 0 Å². The summed E-state index contributed by atoms with van der Waals surface area (Å²) in [6, 6.07) is 32.2. The van der Waals surface area contributed by atoms with Gasteiger partial charge in [-0.05, 0) is 154 Å². The largest absolute Gasteiger partial charge is 0.302 e. The van der Waals surface area contributed by atoms with Crippen LogP contribution in [0.1, 0.15) is 153 Å². The number of aryl methyl sites for hydroxylation is 3. The third kappa shape index (κ3) is 8.39. The van der Waals surface area contributed by atoms with E-state index in [0.717, 1.165) is 31.6 Å². The van der Waals surface area contributed by atoms with Crippen molar-refractivity contribution in [2.45, 2.75) is 166 Å². The molecule has 1 spiro atoms. The van der Waals surface area contributed by atoms with Gasteiger partial charge in [-0.1, -0.05) is 162 Å². The Bertz CT molecular complexity index is 2080. The number of allylic oxidation sites excluding steroid dienone is 2. The van der Waals surface area contributed by atoms with Gasteiger partial charge in [0.2, 0.25) is 0 Å². The molecule has 2 atom stereocenters. The molecular weight excluding hydrogens is 738 g/mol. The van der Waals surface area contributed by atoms with Gasteiger partial charge in [0, 0.05) is 22.6 Å². The lowest BCUT2D eigenvalue weighted by Gasteiger charge is -2.51. The molecule has 0 fully saturated rings. The van der Waals surface area contributed by atoms with Crippen LogP contribution < -0.4 is 15.9 Å². The van der Waals surface area contributed by atoms with Gasteiger partial charge in [-0.2, -0.15) is 0 Å². The molecule has 0 bridgehead atoms. The van der Waals surface area contributed by atoms with Gasteiger partial charge >= 0.3 is 0 Å². The fraction of sp³-hybridized carbons (Fsp3) is 0.491. The molecule has 1 nitrogen and oxygen atoms in total. The predicted molar refractivity (Wildman–Crippen MR) is 258 cm³/mol. The first-order valence-electron chi connectivity index (χ1n) is 22.1. The summed E-state index contributed by atoms with van der Waals surface area (Å²) < 4.78 is 0. The third-order valence-electron chi connectivity index (χ3n) is 13.3. The van der Waals surface area contributed by atoms with Gasteiger partial charge in [0.25, 0.3) is 0 Å². The second-order valence-corrected chi connectivity index (χ2v) is 25.7. The molecule has 7 rings (SSSR count). The molecule has 4 aromatic carbocycles. The highest BCUT2D eigenvalue weighted by molar-refractivity contribution is 7.99. The molecule has 0 saturated heterocycles. The maximum Gasteiger partial charge on any atom is 0.0726 e. The Morgan fingerprint density at radius 1 is 0.621 bits per heavy atom. The molecule has 0 heterocycles. The number of benzene rings is 4. The minimum atomic E-state index is -0.981. The van der Waals surface area contributed by atoms with E-state index in [9.17, 15) is 0 Å². The van der Waals surface area contributed by atoms with Crippen LogP contribution in [0.15, 0.2) is 107 Å². The lowest BCUT2D eigenvalue weighted by atomic mass is 9.71. The molecule has 1 unspecified atom stereocenters. The number of hydrogen-bond acceptors (Lipinski definition) is 2. The van der Waals surface area contributed by atoms with Crippen LogP contribution in [-0.4, -0.2) is 17.6 Å². The molecule has 0 radical (unpaired) electrons. The van der Waals surface area contributed by atoms with Gasteiger partial charge in [0.05, 0.1) is 5.28 Å². The third-order valence-corrected chi connectivity index (χ3v) is 17.2. The summed E-state index contributed by atoms with van der Waals surface area (Å²) in [4.78, 5) is 1.38. The summed E-state index contributed by atoms with van der Waals surface area (Å²) in [5.41, 5.74) is 15.0. The minimum absolute atomic E-state index is 0.0138. The lowest BCUT2D eigenvalue weighted by molar-refractivity contribution is 0.415. The maximum absolute atomic E-state index is 4.62. The van der Waals surface area contributed by atoms with Crippen LogP contribution in [-0.2, 0) is 33.5 Å². The summed E-state index contributed by atoms with van der Waals surface area (Å²) in [6.07, 6.45) is 10.8. The first-order chi connectivity index (χ1) is 27.0. The van der Waals surface area contributed by atoms with Crippen molar-refractivity contribution in [3.05, 3.63) is 147 Å². The Balaban J connectivity index is 1.53. The summed E-state index contributed by atoms with van der Waals surface area (Å²) in [5, 5.41) is 7.38. The monoisotopic (exact) mass is 810 g/mol. The molecule has 308 valence electrons. The van der Waals surface area contributed by atoms with E-state index in [0.29, 0.717) is 0 Å². The van der Waals surface area contributed by atoms with E-state index in [1.54, 1.807) is 22.3 Å². The predicted octanol–water partition coefficient (Wildman–Crippen LogP) is 13.9. The topological polar surface area (TPSA) is 12.0 Å². The smallest absolute Gasteiger partial charge is 0.0726 e. The van der Waals surface area contributed by atoms with E-state index in [1.165, 1.54) is 61.7 Å². The Morgan fingerprint density at radius 2 is 1.12 bits per heavy atom. The van der Waals surface area contributed by atoms with Gasteiger partial charge in [-0.3, -0.25) is 0 Å². The van der Waals surface area contributed by atoms with Crippen LogP contribution in [0.5, 0.6) is 0 Å². The van der Waals surface area contributed by atoms with Gasteiger partial charge in [-0.15, -0.1) is 11.8 Å². The number of hydrogen-bond donors (Lipinski definition) is 1. The molecule has 1 N–H and O–H groups in total. The van der Waals surface area contributed by atoms with E-state index >= 15 is 0 Å². The molecule has 0 saturated carbocycles. The average Bonchev–Trinajstić information content (AvgIpc) is 3.70. The molecule has 3 heteroatoms. The van der Waals surface area contributed by atoms with Crippen molar-refractivity contribution in [1.29, 1.82) is 0 Å². The Labute approximate surface area is 359 Å². The average molecular weight is 810 g/mol. The molecule has 0 aromatic heterocycles. The second kappa shape index (κ2) is 15.5. The second-order valence-electron chi connectivity index (χ2n) is 22.1. The summed E-state index contributed by atoms with van der Waals surface area (Å²) in [6.45, 7) is 34.3. The number of rotatable bonds is 8. The van der Waals surface area contributed by atoms with Gasteiger partial charge < -0.3 is 5.32 Å². The summed E-state index contributed by atoms with van der Waals surface area (Å²) in [5.74, 6) is 1.02. The zero-order valence-electron chi connectivity index (χ0n) is 38.5. The zero-order chi connectivity index (χ0) is 42.1. The molecule has 58 heavy (non-hydrogen) atoms. The lowest BCUT2D eigenvalue weighted by Crippen LogP contribution is -2.54. The molecule has 0 aliphatic heterocycles. The van der Waals surface area contributed by atoms with Gasteiger partial charge in [-0.25, -0.2) is 0 Å². The van der Waals surface area contributed by atoms with Crippen LogP contribution in [0, 0.1) is 13.8 Å². The minimum Gasteiger partial charge on any atom is -0.302 e. The fourth-order valence-corrected chi connectivity index (χ4v) is 14.5. The molecule has 4 aromatic rings. The quantitative estimate of drug-likeness (QED) is 0.108. The van der Waals surface area contributed by atoms with Crippen molar-refractivity contribution in [1.82, 2.24) is 5.32 Å². The van der Waals surface area contributed by atoms with E-state index in [2.05, 4.69) is 193 Å². The standard InChI is InChI=1S/C55H72NPS/c1-37-28-38(2)30-47(29-37)58-27-26-56-55(23-17-19-40-22-25-54(49(40)55)24-21-39-18-15-16-20-48(39)54)57(45-33-41(50(3,4)5)31-42(34-45)51(6,7)8)46-35-43(52(9,10)11)32-44(36-46)53(12,13)14/h15-20,28-36,56H,21-27H2,1-14H3/t54-,55?/m1/s1. The summed E-state index contributed by atoms with van der Waals surface area (Å²) >= 11 is 2.01. The van der Waals surface area contributed by atoms with E-state index in [-0.39, 0.29) is 32.4 Å². The van der Waals surface area contributed by atoms with Crippen LogP contribution in [0.3, 0.4) is 0 Å². The normalized spacial score (nSPS) is 21.0. The first kappa shape index (κ1) is 43.2. The van der Waals surface area contributed by atoms with E-state index < -0.39 is 7.92 Å². The fourth-order valence-electron chi connectivity index (χ4n) is 10.1. The van der Waals surface area contributed by atoms with Crippen molar-refractivity contribution >= 4 is 30.3 Å². The van der Waals surface area contributed by atoms with Gasteiger partial charge in [0.1, 0.15) is 0 Å². The molecular formula is C55H72NPS. The Morgan fingerprint density at radius 3 is 1.64 bits per heavy atom. The van der Waals surface area contributed by atoms with Crippen molar-refractivity contribution in [2.75, 3.05) is 12.3 Å². The SMILES string of the molecule is Cc1cc(C)cc(SCCNC2(P(c3cc(C(C)(C)C)cc(C(C)(C)C)c3)c3cc(C(C)(C)C)cc(C(C)(C)C)c3)CC=CC3=C2[C@@]2(CC3)CCc3ccccc32)c1. The van der Waals surface area contributed by atoms with Crippen molar-refractivity contribution in [2.24, 2.45) is 0 Å². The van der Waals surface area contributed by atoms with Crippen LogP contribution in [0.25, 0.3) is 0 Å². The van der Waals surface area contributed by atoms with E-state index in [1.807, 2.05) is 11.8 Å². The first-order valence-corrected chi connectivity index (χ1v) is 24.4. The van der Waals surface area contributed by atoms with Crippen LogP contribution in [0.2, 0.25) is 0 Å². The number of thioether (sulfide) groups is 1. The van der Waals surface area contributed by atoms with Crippen molar-refractivity contribution in [3.8, 4) is 0 Å². The highest BCUT2D eigenvalue weighted by atomic mass is 32.2. The van der Waals surface area contributed by atoms with Crippen molar-refractivity contribution in [3.63, 3.8) is 0 Å². The highest BCUT2D eigenvalue weighted by Crippen LogP contribution is 2.66. The molecule has 3 aliphatic rings. The maximum atomic E-state index is 4.62. The molecule has 0 amide bonds. The Hall–Kier alpha value is -2.90. The number of fused-ring (bicyclic) bond motifs is 3. The molecule has 3 aliphatic carbocycles. The number of nitrogens with one attached hydrogen (secondary N) is 1.